The molecule has 0 aliphatic carbocycles. The van der Waals surface area contributed by atoms with Crippen LogP contribution in [0.2, 0.25) is 0 Å². The molecule has 1 aromatic carbocycles. The molecule has 1 heterocycles. The maximum Gasteiger partial charge on any atom is 0.495 e. The molecule has 0 saturated carbocycles. The first kappa shape index (κ1) is 18.0. The van der Waals surface area contributed by atoms with E-state index in [1.54, 1.807) is 0 Å². The number of hydrogen-bond donors (Lipinski definition) is 0. The van der Waals surface area contributed by atoms with Crippen LogP contribution >= 0.6 is 0 Å². The smallest absolute Gasteiger partial charge is 0.399 e. The van der Waals surface area contributed by atoms with Crippen molar-refractivity contribution in [1.29, 1.82) is 0 Å². The lowest BCUT2D eigenvalue weighted by molar-refractivity contribution is 0.00578. The van der Waals surface area contributed by atoms with Crippen molar-refractivity contribution >= 4 is 12.6 Å². The van der Waals surface area contributed by atoms with Gasteiger partial charge >= 0.3 is 7.12 Å². The maximum absolute atomic E-state index is 6.29. The lowest BCUT2D eigenvalue weighted by atomic mass is 9.72. The first-order chi connectivity index (χ1) is 10.7. The third kappa shape index (κ3) is 3.62. The zero-order chi connectivity index (χ0) is 17.3. The highest BCUT2D eigenvalue weighted by Gasteiger charge is 2.52. The minimum atomic E-state index is -0.322. The normalized spacial score (nSPS) is 19.5. The molecule has 2 rings (SSSR count). The highest BCUT2D eigenvalue weighted by molar-refractivity contribution is 6.62. The Morgan fingerprint density at radius 2 is 1.70 bits per heavy atom. The van der Waals surface area contributed by atoms with Crippen LogP contribution in [0.3, 0.4) is 0 Å². The molecule has 1 aliphatic rings. The summed E-state index contributed by atoms with van der Waals surface area (Å²) in [6.45, 7) is 16.5. The van der Waals surface area contributed by atoms with E-state index in [1.165, 1.54) is 16.7 Å². The lowest BCUT2D eigenvalue weighted by Gasteiger charge is -2.32. The predicted molar refractivity (Wildman–Crippen MR) is 99.3 cm³/mol. The number of aryl methyl sites for hydroxylation is 1. The molecule has 0 atom stereocenters. The first-order valence-electron chi connectivity index (χ1n) is 8.42. The second kappa shape index (κ2) is 6.66. The van der Waals surface area contributed by atoms with Crippen LogP contribution in [0.1, 0.15) is 51.3 Å². The van der Waals surface area contributed by atoms with E-state index in [2.05, 4.69) is 72.4 Å². The molecular formula is C20H29BO2. The van der Waals surface area contributed by atoms with Crippen molar-refractivity contribution in [2.75, 3.05) is 0 Å². The van der Waals surface area contributed by atoms with Crippen LogP contribution in [-0.4, -0.2) is 18.3 Å². The van der Waals surface area contributed by atoms with Gasteiger partial charge in [-0.25, -0.2) is 0 Å². The van der Waals surface area contributed by atoms with Gasteiger partial charge in [0.15, 0.2) is 0 Å². The van der Waals surface area contributed by atoms with Gasteiger partial charge in [0.1, 0.15) is 0 Å². The average Bonchev–Trinajstić information content (AvgIpc) is 2.66. The second-order valence-corrected chi connectivity index (χ2v) is 7.35. The van der Waals surface area contributed by atoms with Crippen LogP contribution < -0.4 is 5.46 Å². The average molecular weight is 312 g/mol. The molecule has 1 aromatic rings. The largest absolute Gasteiger partial charge is 0.495 e. The standard InChI is InChI=1S/C20H29BO2/c1-8-10-12-17-16(11-9-2)13-15(3)14-18(17)21-22-19(4,5)20(6,7)23-21/h8-10,13-14H,2,11-12H2,1,3-7H3/b10-8+. The third-order valence-electron chi connectivity index (χ3n) is 4.95. The van der Waals surface area contributed by atoms with Gasteiger partial charge in [-0.05, 0) is 71.0 Å². The van der Waals surface area contributed by atoms with E-state index in [4.69, 9.17) is 9.31 Å². The lowest BCUT2D eigenvalue weighted by Crippen LogP contribution is -2.41. The topological polar surface area (TPSA) is 18.5 Å². The van der Waals surface area contributed by atoms with Gasteiger partial charge in [-0.2, -0.15) is 0 Å². The molecule has 0 radical (unpaired) electrons. The predicted octanol–water partition coefficient (Wildman–Crippen LogP) is 4.14. The van der Waals surface area contributed by atoms with Gasteiger partial charge in [-0.1, -0.05) is 35.9 Å². The van der Waals surface area contributed by atoms with Crippen molar-refractivity contribution in [3.63, 3.8) is 0 Å². The molecule has 1 aliphatic heterocycles. The number of hydrogen-bond acceptors (Lipinski definition) is 2. The van der Waals surface area contributed by atoms with Crippen molar-refractivity contribution in [3.8, 4) is 0 Å². The molecule has 0 amide bonds. The first-order valence-corrected chi connectivity index (χ1v) is 8.42. The summed E-state index contributed by atoms with van der Waals surface area (Å²) in [5.41, 5.74) is 4.35. The van der Waals surface area contributed by atoms with E-state index in [0.29, 0.717) is 0 Å². The van der Waals surface area contributed by atoms with Crippen LogP contribution in [0.25, 0.3) is 0 Å². The summed E-state index contributed by atoms with van der Waals surface area (Å²) < 4.78 is 12.6. The minimum absolute atomic E-state index is 0.316. The van der Waals surface area contributed by atoms with E-state index >= 15 is 0 Å². The van der Waals surface area contributed by atoms with Gasteiger partial charge in [0.25, 0.3) is 0 Å². The monoisotopic (exact) mass is 312 g/mol. The molecule has 3 heteroatoms. The zero-order valence-electron chi connectivity index (χ0n) is 15.4. The molecule has 0 bridgehead atoms. The zero-order valence-corrected chi connectivity index (χ0v) is 15.4. The number of benzene rings is 1. The van der Waals surface area contributed by atoms with Gasteiger partial charge in [0.05, 0.1) is 11.2 Å². The molecule has 0 spiro atoms. The fraction of sp³-hybridized carbons (Fsp3) is 0.500. The van der Waals surface area contributed by atoms with Gasteiger partial charge < -0.3 is 9.31 Å². The van der Waals surface area contributed by atoms with E-state index in [9.17, 15) is 0 Å². The van der Waals surface area contributed by atoms with Crippen LogP contribution in [0.15, 0.2) is 36.9 Å². The Kier molecular flexibility index (Phi) is 5.22. The summed E-state index contributed by atoms with van der Waals surface area (Å²) in [6.07, 6.45) is 7.99. The quantitative estimate of drug-likeness (QED) is 0.601. The summed E-state index contributed by atoms with van der Waals surface area (Å²) in [7, 11) is -0.316. The molecular weight excluding hydrogens is 283 g/mol. The highest BCUT2D eigenvalue weighted by Crippen LogP contribution is 2.37. The van der Waals surface area contributed by atoms with E-state index in [1.807, 2.05) is 6.08 Å². The van der Waals surface area contributed by atoms with Gasteiger partial charge in [0.2, 0.25) is 0 Å². The Balaban J connectivity index is 2.50. The molecule has 1 saturated heterocycles. The highest BCUT2D eigenvalue weighted by atomic mass is 16.7. The Hall–Kier alpha value is -1.32. The van der Waals surface area contributed by atoms with Crippen molar-refractivity contribution in [2.24, 2.45) is 0 Å². The van der Waals surface area contributed by atoms with Crippen molar-refractivity contribution < 1.29 is 9.31 Å². The van der Waals surface area contributed by atoms with Crippen LogP contribution in [0.5, 0.6) is 0 Å². The van der Waals surface area contributed by atoms with Crippen molar-refractivity contribution in [1.82, 2.24) is 0 Å². The summed E-state index contributed by atoms with van der Waals surface area (Å²) in [6, 6.07) is 4.45. The fourth-order valence-corrected chi connectivity index (χ4v) is 2.92. The Labute approximate surface area is 141 Å². The van der Waals surface area contributed by atoms with E-state index in [0.717, 1.165) is 18.3 Å². The number of allylic oxidation sites excluding steroid dienone is 3. The van der Waals surface area contributed by atoms with E-state index in [-0.39, 0.29) is 18.3 Å². The summed E-state index contributed by atoms with van der Waals surface area (Å²) in [5.74, 6) is 0. The molecule has 23 heavy (non-hydrogen) atoms. The second-order valence-electron chi connectivity index (χ2n) is 7.35. The molecule has 1 fully saturated rings. The van der Waals surface area contributed by atoms with Crippen LogP contribution in [0, 0.1) is 6.92 Å². The fourth-order valence-electron chi connectivity index (χ4n) is 2.92. The van der Waals surface area contributed by atoms with Gasteiger partial charge in [-0.3, -0.25) is 0 Å². The SMILES string of the molecule is C=CCc1cc(C)cc(B2OC(C)(C)C(C)(C)O2)c1C/C=C/C. The Morgan fingerprint density at radius 1 is 1.09 bits per heavy atom. The van der Waals surface area contributed by atoms with E-state index < -0.39 is 0 Å². The maximum atomic E-state index is 6.29. The Bertz CT molecular complexity index is 598. The molecule has 0 N–H and O–H groups in total. The molecule has 0 unspecified atom stereocenters. The van der Waals surface area contributed by atoms with Gasteiger partial charge in [0, 0.05) is 0 Å². The third-order valence-corrected chi connectivity index (χ3v) is 4.95. The molecule has 0 aromatic heterocycles. The summed E-state index contributed by atoms with van der Waals surface area (Å²) in [5, 5.41) is 0. The Morgan fingerprint density at radius 3 is 2.22 bits per heavy atom. The summed E-state index contributed by atoms with van der Waals surface area (Å²) in [4.78, 5) is 0. The summed E-state index contributed by atoms with van der Waals surface area (Å²) >= 11 is 0. The van der Waals surface area contributed by atoms with Crippen molar-refractivity contribution in [3.05, 3.63) is 53.6 Å². The molecule has 2 nitrogen and oxygen atoms in total. The minimum Gasteiger partial charge on any atom is -0.399 e. The van der Waals surface area contributed by atoms with Gasteiger partial charge in [-0.15, -0.1) is 6.58 Å². The van der Waals surface area contributed by atoms with Crippen LogP contribution in [-0.2, 0) is 22.2 Å². The van der Waals surface area contributed by atoms with Crippen LogP contribution in [0.4, 0.5) is 0 Å². The van der Waals surface area contributed by atoms with Crippen molar-refractivity contribution in [2.45, 2.75) is 65.6 Å². The molecule has 124 valence electrons. The number of rotatable bonds is 5.